The number of nitriles is 1. The molecule has 2 aliphatic rings. The highest BCUT2D eigenvalue weighted by Gasteiger charge is 2.37. The first kappa shape index (κ1) is 18.9. The summed E-state index contributed by atoms with van der Waals surface area (Å²) in [5.74, 6) is 0.353. The number of rotatable bonds is 4. The zero-order valence-electron chi connectivity index (χ0n) is 16.5. The highest BCUT2D eigenvalue weighted by Crippen LogP contribution is 2.37. The van der Waals surface area contributed by atoms with Gasteiger partial charge in [-0.15, -0.1) is 0 Å². The van der Waals surface area contributed by atoms with E-state index in [1.807, 2.05) is 35.0 Å². The maximum absolute atomic E-state index is 12.6. The van der Waals surface area contributed by atoms with E-state index in [4.69, 9.17) is 9.84 Å². The number of fused-ring (bicyclic) bond motifs is 1. The molecule has 1 aliphatic heterocycles. The van der Waals surface area contributed by atoms with Gasteiger partial charge in [-0.1, -0.05) is 25.0 Å². The van der Waals surface area contributed by atoms with Crippen molar-refractivity contribution in [2.24, 2.45) is 5.92 Å². The molecule has 3 aromatic rings. The number of pyridine rings is 1. The van der Waals surface area contributed by atoms with E-state index < -0.39 is 5.60 Å². The van der Waals surface area contributed by atoms with Crippen LogP contribution in [0.5, 0.6) is 0 Å². The van der Waals surface area contributed by atoms with Crippen LogP contribution in [0.1, 0.15) is 37.3 Å². The topological polar surface area (TPSA) is 116 Å². The zero-order valence-corrected chi connectivity index (χ0v) is 16.5. The largest absolute Gasteiger partial charge is 0.380 e. The number of H-pyrrole nitrogens is 1. The van der Waals surface area contributed by atoms with Crippen LogP contribution in [-0.4, -0.2) is 33.1 Å². The van der Waals surface area contributed by atoms with Gasteiger partial charge in [-0.2, -0.15) is 10.4 Å². The lowest BCUT2D eigenvalue weighted by Gasteiger charge is -2.36. The van der Waals surface area contributed by atoms with Gasteiger partial charge in [0.2, 0.25) is 0 Å². The average Bonchev–Trinajstić information content (AvgIpc) is 3.12. The molecule has 2 fully saturated rings. The second-order valence-corrected chi connectivity index (χ2v) is 8.17. The van der Waals surface area contributed by atoms with E-state index in [1.54, 1.807) is 6.20 Å². The van der Waals surface area contributed by atoms with E-state index in [0.717, 1.165) is 42.5 Å². The third kappa shape index (κ3) is 3.07. The Hall–Kier alpha value is -3.15. The minimum atomic E-state index is -0.919. The summed E-state index contributed by atoms with van der Waals surface area (Å²) in [4.78, 5) is 15.3. The Bertz CT molecular complexity index is 1170. The second-order valence-electron chi connectivity index (χ2n) is 8.17. The van der Waals surface area contributed by atoms with Crippen molar-refractivity contribution in [1.82, 2.24) is 14.8 Å². The predicted octanol–water partition coefficient (Wildman–Crippen LogP) is 2.94. The van der Waals surface area contributed by atoms with E-state index in [1.165, 1.54) is 0 Å². The van der Waals surface area contributed by atoms with Crippen molar-refractivity contribution in [2.75, 3.05) is 18.5 Å². The Labute approximate surface area is 173 Å². The molecule has 8 nitrogen and oxygen atoms in total. The zero-order chi connectivity index (χ0) is 20.7. The van der Waals surface area contributed by atoms with E-state index >= 15 is 0 Å². The number of aliphatic hydroxyl groups is 1. The summed E-state index contributed by atoms with van der Waals surface area (Å²) >= 11 is 0. The number of hydrogen-bond donors (Lipinski definition) is 3. The molecule has 3 heterocycles. The molecule has 154 valence electrons. The average molecular weight is 405 g/mol. The Morgan fingerprint density at radius 3 is 2.70 bits per heavy atom. The van der Waals surface area contributed by atoms with Crippen LogP contribution in [0.25, 0.3) is 10.9 Å². The number of benzene rings is 1. The van der Waals surface area contributed by atoms with Crippen LogP contribution in [0, 0.1) is 17.2 Å². The Morgan fingerprint density at radius 1 is 1.23 bits per heavy atom. The number of hydrogen-bond acceptors (Lipinski definition) is 6. The van der Waals surface area contributed by atoms with Gasteiger partial charge in [-0.25, -0.2) is 0 Å². The molecule has 8 heteroatoms. The SMILES string of the molecule is N#C[C@H]1CCCCC1n1nc(Nc2ccc(C3(O)COC3)cc2)c2c(=O)[nH]ccc21. The van der Waals surface area contributed by atoms with E-state index in [9.17, 15) is 15.2 Å². The van der Waals surface area contributed by atoms with Crippen molar-refractivity contribution in [3.05, 3.63) is 52.4 Å². The molecule has 1 aromatic carbocycles. The lowest BCUT2D eigenvalue weighted by atomic mass is 9.85. The first-order valence-corrected chi connectivity index (χ1v) is 10.3. The lowest BCUT2D eigenvalue weighted by Crippen LogP contribution is -2.46. The lowest BCUT2D eigenvalue weighted by molar-refractivity contribution is -0.184. The van der Waals surface area contributed by atoms with Crippen molar-refractivity contribution >= 4 is 22.4 Å². The summed E-state index contributed by atoms with van der Waals surface area (Å²) in [6.45, 7) is 0.595. The predicted molar refractivity (Wildman–Crippen MR) is 111 cm³/mol. The van der Waals surface area contributed by atoms with Crippen molar-refractivity contribution in [3.63, 3.8) is 0 Å². The van der Waals surface area contributed by atoms with Gasteiger partial charge in [-0.05, 0) is 36.6 Å². The third-order valence-electron chi connectivity index (χ3n) is 6.21. The molecule has 0 bridgehead atoms. The van der Waals surface area contributed by atoms with Crippen LogP contribution in [0.15, 0.2) is 41.3 Å². The molecule has 1 saturated carbocycles. The minimum absolute atomic E-state index is 0.0427. The summed E-state index contributed by atoms with van der Waals surface area (Å²) in [6.07, 6.45) is 5.43. The van der Waals surface area contributed by atoms with E-state index in [-0.39, 0.29) is 17.5 Å². The Kier molecular flexibility index (Phi) is 4.57. The molecule has 0 radical (unpaired) electrons. The van der Waals surface area contributed by atoms with Crippen LogP contribution in [0.4, 0.5) is 11.5 Å². The fourth-order valence-corrected chi connectivity index (χ4v) is 4.46. The first-order valence-electron chi connectivity index (χ1n) is 10.3. The van der Waals surface area contributed by atoms with Gasteiger partial charge >= 0.3 is 0 Å². The summed E-state index contributed by atoms with van der Waals surface area (Å²) in [5, 5.41) is 28.5. The third-order valence-corrected chi connectivity index (χ3v) is 6.21. The van der Waals surface area contributed by atoms with E-state index in [2.05, 4.69) is 16.4 Å². The van der Waals surface area contributed by atoms with Gasteiger partial charge in [0.15, 0.2) is 5.82 Å². The fourth-order valence-electron chi connectivity index (χ4n) is 4.46. The molecule has 1 unspecified atom stereocenters. The minimum Gasteiger partial charge on any atom is -0.380 e. The molecule has 5 rings (SSSR count). The Balaban J connectivity index is 1.52. The second kappa shape index (κ2) is 7.27. The monoisotopic (exact) mass is 405 g/mol. The van der Waals surface area contributed by atoms with Crippen LogP contribution < -0.4 is 10.9 Å². The van der Waals surface area contributed by atoms with Crippen molar-refractivity contribution < 1.29 is 9.84 Å². The normalized spacial score (nSPS) is 22.9. The molecule has 1 aliphatic carbocycles. The van der Waals surface area contributed by atoms with Crippen molar-refractivity contribution in [1.29, 1.82) is 5.26 Å². The van der Waals surface area contributed by atoms with Crippen LogP contribution in [0.3, 0.4) is 0 Å². The van der Waals surface area contributed by atoms with E-state index in [0.29, 0.717) is 24.4 Å². The first-order chi connectivity index (χ1) is 14.6. The quantitative estimate of drug-likeness (QED) is 0.615. The standard InChI is InChI=1S/C22H23N5O3/c23-11-14-3-1-2-4-17(14)27-18-9-10-24-21(28)19(18)20(26-27)25-16-7-5-15(6-8-16)22(29)12-30-13-22/h5-10,14,17,29H,1-4,12-13H2,(H,24,28)(H,25,26)/t14-,17?/m1/s1. The molecule has 2 aromatic heterocycles. The van der Waals surface area contributed by atoms with Crippen LogP contribution in [0.2, 0.25) is 0 Å². The summed E-state index contributed by atoms with van der Waals surface area (Å²) in [5.41, 5.74) is 1.15. The molecule has 30 heavy (non-hydrogen) atoms. The van der Waals surface area contributed by atoms with Gasteiger partial charge in [0.1, 0.15) is 11.0 Å². The molecule has 1 saturated heterocycles. The van der Waals surface area contributed by atoms with Crippen LogP contribution >= 0.6 is 0 Å². The number of ether oxygens (including phenoxy) is 1. The molecule has 0 amide bonds. The highest BCUT2D eigenvalue weighted by atomic mass is 16.5. The molecular formula is C22H23N5O3. The summed E-state index contributed by atoms with van der Waals surface area (Å²) < 4.78 is 6.97. The fraction of sp³-hybridized carbons (Fsp3) is 0.409. The maximum atomic E-state index is 12.6. The summed E-state index contributed by atoms with van der Waals surface area (Å²) in [6, 6.07) is 11.6. The number of anilines is 2. The number of nitrogens with one attached hydrogen (secondary N) is 2. The van der Waals surface area contributed by atoms with Gasteiger partial charge < -0.3 is 20.1 Å². The smallest absolute Gasteiger partial charge is 0.261 e. The van der Waals surface area contributed by atoms with Gasteiger partial charge in [0, 0.05) is 11.9 Å². The number of aromatic nitrogens is 3. The van der Waals surface area contributed by atoms with Gasteiger partial charge in [0.25, 0.3) is 5.56 Å². The molecule has 2 atom stereocenters. The van der Waals surface area contributed by atoms with Crippen molar-refractivity contribution in [3.8, 4) is 6.07 Å². The maximum Gasteiger partial charge on any atom is 0.261 e. The summed E-state index contributed by atoms with van der Waals surface area (Å²) in [7, 11) is 0. The molecule has 3 N–H and O–H groups in total. The molecule has 0 spiro atoms. The van der Waals surface area contributed by atoms with Crippen LogP contribution in [-0.2, 0) is 10.3 Å². The number of aromatic amines is 1. The number of nitrogens with zero attached hydrogens (tertiary/aromatic N) is 3. The van der Waals surface area contributed by atoms with Crippen molar-refractivity contribution in [2.45, 2.75) is 37.3 Å². The molecular weight excluding hydrogens is 382 g/mol. The Morgan fingerprint density at radius 2 is 2.00 bits per heavy atom. The van der Waals surface area contributed by atoms with Gasteiger partial charge in [0.05, 0.1) is 36.8 Å². The highest BCUT2D eigenvalue weighted by molar-refractivity contribution is 5.91. The van der Waals surface area contributed by atoms with Gasteiger partial charge in [-0.3, -0.25) is 9.48 Å².